The van der Waals surface area contributed by atoms with Gasteiger partial charge in [-0.25, -0.2) is 4.79 Å². The van der Waals surface area contributed by atoms with Crippen LogP contribution in [-0.2, 0) is 22.1 Å². The summed E-state index contributed by atoms with van der Waals surface area (Å²) in [6.45, 7) is 1.76. The van der Waals surface area contributed by atoms with E-state index in [0.29, 0.717) is 5.76 Å². The van der Waals surface area contributed by atoms with Gasteiger partial charge in [-0.1, -0.05) is 16.8 Å². The summed E-state index contributed by atoms with van der Waals surface area (Å²) in [5.41, 5.74) is -1.43. The number of rotatable bonds is 8. The number of alkyl halides is 3. The SMILES string of the molecule is CCOC(=O)c1ccc(Oc2c(C(F)(F)F)oc3cc(OC(=O)CCc4cc(Cl)no4)ccc3c2=O)cc1. The highest BCUT2D eigenvalue weighted by atomic mass is 35.5. The second-order valence-electron chi connectivity index (χ2n) is 7.68. The van der Waals surface area contributed by atoms with Crippen LogP contribution in [0.4, 0.5) is 13.2 Å². The number of halogens is 4. The molecule has 0 radical (unpaired) electrons. The average molecular weight is 552 g/mol. The molecular weight excluding hydrogens is 535 g/mol. The zero-order valence-corrected chi connectivity index (χ0v) is 20.2. The standard InChI is InChI=1S/C25H17ClF3NO8/c1-2-34-24(33)13-3-5-14(6-4-13)36-22-21(32)17-9-7-15(11-18(17)37-23(22)25(27,28)29)35-20(31)10-8-16-12-19(26)30-38-16/h3-7,9,11-12H,2,8,10H2,1H3. The fourth-order valence-corrected chi connectivity index (χ4v) is 3.46. The average Bonchev–Trinajstić information content (AvgIpc) is 3.29. The zero-order valence-electron chi connectivity index (χ0n) is 19.5. The molecule has 0 fully saturated rings. The van der Waals surface area contributed by atoms with Crippen molar-refractivity contribution in [2.45, 2.75) is 25.9 Å². The number of fused-ring (bicyclic) bond motifs is 1. The number of nitrogens with zero attached hydrogens (tertiary/aromatic N) is 1. The Morgan fingerprint density at radius 3 is 2.39 bits per heavy atom. The fraction of sp³-hybridized carbons (Fsp3) is 0.200. The minimum atomic E-state index is -5.10. The van der Waals surface area contributed by atoms with E-state index in [-0.39, 0.29) is 47.1 Å². The van der Waals surface area contributed by atoms with Crippen molar-refractivity contribution in [3.63, 3.8) is 0 Å². The highest BCUT2D eigenvalue weighted by molar-refractivity contribution is 6.29. The van der Waals surface area contributed by atoms with E-state index in [1.165, 1.54) is 36.4 Å². The summed E-state index contributed by atoms with van der Waals surface area (Å²) in [4.78, 5) is 36.9. The zero-order chi connectivity index (χ0) is 27.4. The first-order valence-electron chi connectivity index (χ1n) is 11.0. The van der Waals surface area contributed by atoms with Crippen molar-refractivity contribution >= 4 is 34.5 Å². The lowest BCUT2D eigenvalue weighted by Crippen LogP contribution is -2.16. The van der Waals surface area contributed by atoms with Gasteiger partial charge in [0.15, 0.2) is 5.15 Å². The molecule has 198 valence electrons. The van der Waals surface area contributed by atoms with Crippen molar-refractivity contribution < 1.29 is 45.9 Å². The van der Waals surface area contributed by atoms with Crippen molar-refractivity contribution in [2.24, 2.45) is 0 Å². The van der Waals surface area contributed by atoms with E-state index in [2.05, 4.69) is 5.16 Å². The third-order valence-corrected chi connectivity index (χ3v) is 5.18. The molecule has 0 N–H and O–H groups in total. The number of aryl methyl sites for hydroxylation is 1. The van der Waals surface area contributed by atoms with Gasteiger partial charge in [-0.3, -0.25) is 9.59 Å². The number of hydrogen-bond donors (Lipinski definition) is 0. The number of ether oxygens (including phenoxy) is 3. The minimum absolute atomic E-state index is 0.121. The smallest absolute Gasteiger partial charge is 0.453 e. The van der Waals surface area contributed by atoms with Gasteiger partial charge >= 0.3 is 18.1 Å². The van der Waals surface area contributed by atoms with Crippen LogP contribution in [0.2, 0.25) is 5.15 Å². The first-order chi connectivity index (χ1) is 18.0. The van der Waals surface area contributed by atoms with E-state index in [9.17, 15) is 27.6 Å². The quantitative estimate of drug-likeness (QED) is 0.193. The van der Waals surface area contributed by atoms with Crippen LogP contribution in [-0.4, -0.2) is 23.7 Å². The lowest BCUT2D eigenvalue weighted by molar-refractivity contribution is -0.154. The molecule has 2 aromatic heterocycles. The Balaban J connectivity index is 1.59. The largest absolute Gasteiger partial charge is 0.462 e. The molecule has 2 heterocycles. The molecule has 0 atom stereocenters. The third kappa shape index (κ3) is 6.14. The molecular formula is C25H17ClF3NO8. The van der Waals surface area contributed by atoms with Gasteiger partial charge in [-0.2, -0.15) is 13.2 Å². The van der Waals surface area contributed by atoms with Crippen molar-refractivity contribution in [1.82, 2.24) is 5.16 Å². The maximum Gasteiger partial charge on any atom is 0.453 e. The summed E-state index contributed by atoms with van der Waals surface area (Å²) in [6, 6.07) is 9.78. The number of carbonyl (C=O) groups is 2. The monoisotopic (exact) mass is 551 g/mol. The Labute approximate surface area is 216 Å². The second-order valence-corrected chi connectivity index (χ2v) is 8.07. The fourth-order valence-electron chi connectivity index (χ4n) is 3.30. The molecule has 4 rings (SSSR count). The van der Waals surface area contributed by atoms with Crippen LogP contribution in [0.5, 0.6) is 17.2 Å². The van der Waals surface area contributed by atoms with Gasteiger partial charge in [0.25, 0.3) is 5.76 Å². The Morgan fingerprint density at radius 1 is 1.05 bits per heavy atom. The van der Waals surface area contributed by atoms with Crippen molar-refractivity contribution in [1.29, 1.82) is 0 Å². The van der Waals surface area contributed by atoms with Gasteiger partial charge in [0.05, 0.1) is 24.0 Å². The molecule has 2 aromatic carbocycles. The van der Waals surface area contributed by atoms with Gasteiger partial charge in [-0.15, -0.1) is 0 Å². The molecule has 4 aromatic rings. The van der Waals surface area contributed by atoms with Gasteiger partial charge in [0, 0.05) is 18.6 Å². The third-order valence-electron chi connectivity index (χ3n) is 5.00. The molecule has 0 spiro atoms. The maximum atomic E-state index is 13.8. The number of benzene rings is 2. The van der Waals surface area contributed by atoms with E-state index >= 15 is 0 Å². The summed E-state index contributed by atoms with van der Waals surface area (Å²) in [6.07, 6.45) is -5.11. The predicted octanol–water partition coefficient (Wildman–Crippen LogP) is 5.96. The topological polar surface area (TPSA) is 118 Å². The van der Waals surface area contributed by atoms with Gasteiger partial charge < -0.3 is 23.2 Å². The number of esters is 2. The first-order valence-corrected chi connectivity index (χ1v) is 11.4. The summed E-state index contributed by atoms with van der Waals surface area (Å²) < 4.78 is 66.5. The van der Waals surface area contributed by atoms with Crippen LogP contribution in [0.25, 0.3) is 11.0 Å². The maximum absolute atomic E-state index is 13.8. The Hall–Kier alpha value is -4.32. The molecule has 0 aliphatic rings. The number of aromatic nitrogens is 1. The van der Waals surface area contributed by atoms with Crippen LogP contribution in [0.3, 0.4) is 0 Å². The molecule has 0 amide bonds. The van der Waals surface area contributed by atoms with E-state index in [4.69, 9.17) is 34.8 Å². The first kappa shape index (κ1) is 26.7. The van der Waals surface area contributed by atoms with Crippen LogP contribution in [0.1, 0.15) is 35.2 Å². The van der Waals surface area contributed by atoms with Crippen molar-refractivity contribution in [2.75, 3.05) is 6.61 Å². The molecule has 38 heavy (non-hydrogen) atoms. The van der Waals surface area contributed by atoms with Crippen LogP contribution in [0, 0.1) is 0 Å². The summed E-state index contributed by atoms with van der Waals surface area (Å²) in [5.74, 6) is -4.07. The van der Waals surface area contributed by atoms with E-state index in [1.54, 1.807) is 6.92 Å². The van der Waals surface area contributed by atoms with Gasteiger partial charge in [-0.05, 0) is 43.3 Å². The summed E-state index contributed by atoms with van der Waals surface area (Å²) in [7, 11) is 0. The minimum Gasteiger partial charge on any atom is -0.462 e. The van der Waals surface area contributed by atoms with E-state index in [1.807, 2.05) is 0 Å². The molecule has 0 bridgehead atoms. The van der Waals surface area contributed by atoms with Crippen molar-refractivity contribution in [3.05, 3.63) is 81.0 Å². The molecule has 0 saturated carbocycles. The lowest BCUT2D eigenvalue weighted by atomic mass is 10.2. The Bertz CT molecular complexity index is 1540. The molecule has 9 nitrogen and oxygen atoms in total. The summed E-state index contributed by atoms with van der Waals surface area (Å²) >= 11 is 5.64. The Morgan fingerprint density at radius 2 is 1.76 bits per heavy atom. The molecule has 0 aliphatic carbocycles. The highest BCUT2D eigenvalue weighted by Gasteiger charge is 2.40. The molecule has 13 heteroatoms. The number of hydrogen-bond acceptors (Lipinski definition) is 9. The normalized spacial score (nSPS) is 11.4. The Kier molecular flexibility index (Phi) is 7.72. The number of carbonyl (C=O) groups excluding carboxylic acids is 2. The summed E-state index contributed by atoms with van der Waals surface area (Å²) in [5, 5.41) is 3.35. The van der Waals surface area contributed by atoms with Crippen LogP contribution >= 0.6 is 11.6 Å². The highest BCUT2D eigenvalue weighted by Crippen LogP contribution is 2.38. The molecule has 0 aliphatic heterocycles. The van der Waals surface area contributed by atoms with E-state index < -0.39 is 40.6 Å². The van der Waals surface area contributed by atoms with Crippen LogP contribution < -0.4 is 14.9 Å². The lowest BCUT2D eigenvalue weighted by Gasteiger charge is -2.14. The second kappa shape index (κ2) is 11.0. The molecule has 0 unspecified atom stereocenters. The van der Waals surface area contributed by atoms with Gasteiger partial charge in [0.1, 0.15) is 22.8 Å². The predicted molar refractivity (Wildman–Crippen MR) is 125 cm³/mol. The van der Waals surface area contributed by atoms with Crippen LogP contribution in [0.15, 0.2) is 62.3 Å². The van der Waals surface area contributed by atoms with E-state index in [0.717, 1.165) is 12.1 Å². The van der Waals surface area contributed by atoms with Crippen molar-refractivity contribution in [3.8, 4) is 17.2 Å². The van der Waals surface area contributed by atoms with Gasteiger partial charge in [0.2, 0.25) is 11.2 Å². The molecule has 0 saturated heterocycles.